The van der Waals surface area contributed by atoms with E-state index in [1.807, 2.05) is 0 Å². The molecule has 0 aromatic rings. The highest BCUT2D eigenvalue weighted by atomic mass is 16.7. The molecule has 4 rings (SSSR count). The quantitative estimate of drug-likeness (QED) is 0.0764. The number of carbonyl (C=O) groups excluding carboxylic acids is 1. The lowest BCUT2D eigenvalue weighted by Gasteiger charge is -2.40. The van der Waals surface area contributed by atoms with Gasteiger partial charge in [-0.3, -0.25) is 0 Å². The van der Waals surface area contributed by atoms with Crippen molar-refractivity contribution in [1.82, 2.24) is 0 Å². The normalized spacial score (nSPS) is 37.9. The molecule has 0 aromatic carbocycles. The minimum absolute atomic E-state index is 0.0258. The predicted octanol–water partition coefficient (Wildman–Crippen LogP) is -13.0. The number of hydrogen-bond donors (Lipinski definition) is 21. The summed E-state index contributed by atoms with van der Waals surface area (Å²) in [6, 6.07) is 0. The Bertz CT molecular complexity index is 1020. The molecular formula is C32H64O27. The lowest BCUT2D eigenvalue weighted by molar-refractivity contribution is -0.286. The Labute approximate surface area is 336 Å². The van der Waals surface area contributed by atoms with Crippen LogP contribution in [0.5, 0.6) is 0 Å². The summed E-state index contributed by atoms with van der Waals surface area (Å²) in [5.74, 6) is -0.300. The molecule has 0 aromatic heterocycles. The minimum Gasteiger partial charge on any atom is -0.394 e. The van der Waals surface area contributed by atoms with Crippen LogP contribution in [0, 0.1) is 5.92 Å². The Morgan fingerprint density at radius 1 is 0.559 bits per heavy atom. The van der Waals surface area contributed by atoms with Crippen LogP contribution >= 0.6 is 0 Å². The van der Waals surface area contributed by atoms with Crippen molar-refractivity contribution < 1.29 is 136 Å². The standard InChI is InChI=1S/C8H16O5.C6H12O6.C6H14O6.C6H12O6.C6H10O4/c1-4-5(3-9)13-8(12-2)7(11)6(4)10;7-1-2-3(8)4(9)5(10)6(11)12-2;2*7-1-3(9)5(11)6(12)4(10)2-8;7-3-1-9-6-4(8)2-10-5(3)6/h4-11H,3H2,1-2H3;2-11H,1H2;3-12H,1-2H2;1,3-6,8-12H,2H2;3-8H,1-2H2/t;;;;3-,4-,5-,6-/m....1/s1. The van der Waals surface area contributed by atoms with E-state index in [1.165, 1.54) is 7.11 Å². The van der Waals surface area contributed by atoms with Crippen molar-refractivity contribution in [2.75, 3.05) is 53.4 Å². The zero-order valence-electron chi connectivity index (χ0n) is 32.1. The van der Waals surface area contributed by atoms with Gasteiger partial charge in [-0.2, -0.15) is 0 Å². The molecule has 0 spiro atoms. The second-order valence-electron chi connectivity index (χ2n) is 13.6. The number of hydrogen-bond acceptors (Lipinski definition) is 27. The van der Waals surface area contributed by atoms with Gasteiger partial charge in [0.1, 0.15) is 104 Å². The number of ether oxygens (including phenoxy) is 5. The van der Waals surface area contributed by atoms with Crippen molar-refractivity contribution in [3.8, 4) is 0 Å². The Balaban J connectivity index is 0.000000714. The largest absolute Gasteiger partial charge is 0.394 e. The first-order chi connectivity index (χ1) is 27.6. The first-order valence-electron chi connectivity index (χ1n) is 18.0. The summed E-state index contributed by atoms with van der Waals surface area (Å²) in [5.41, 5.74) is 0. The SMILES string of the molecule is COC1OC(CO)C(C)C(O)C1O.O=CC(O)C(O)C(O)C(O)CO.OCC(O)C(O)C(O)C(O)CO.OCC1OC(O)C(O)C(O)C1O.O[C@@H]1CO[C@H]2[C@@H]1OC[C@H]2O. The summed E-state index contributed by atoms with van der Waals surface area (Å²) in [6.45, 7) is -0.650. The number of aldehydes is 1. The van der Waals surface area contributed by atoms with E-state index in [9.17, 15) is 15.0 Å². The fourth-order valence-corrected chi connectivity index (χ4v) is 5.30. The molecule has 22 atom stereocenters. The summed E-state index contributed by atoms with van der Waals surface area (Å²) in [5, 5.41) is 187. The monoisotopic (exact) mass is 880 g/mol. The topological polar surface area (TPSA) is 488 Å². The fraction of sp³-hybridized carbons (Fsp3) is 0.969. The van der Waals surface area contributed by atoms with Crippen LogP contribution in [0.4, 0.5) is 0 Å². The van der Waals surface area contributed by atoms with Gasteiger partial charge in [0.05, 0.1) is 58.5 Å². The zero-order valence-corrected chi connectivity index (χ0v) is 32.1. The number of rotatable bonds is 13. The molecule has 18 unspecified atom stereocenters. The second kappa shape index (κ2) is 29.1. The van der Waals surface area contributed by atoms with Crippen LogP contribution in [-0.2, 0) is 28.5 Å². The van der Waals surface area contributed by atoms with Crippen LogP contribution in [0.1, 0.15) is 6.92 Å². The maximum Gasteiger partial charge on any atom is 0.186 e. The van der Waals surface area contributed by atoms with Crippen molar-refractivity contribution in [2.24, 2.45) is 5.92 Å². The van der Waals surface area contributed by atoms with Crippen molar-refractivity contribution in [3.05, 3.63) is 0 Å². The zero-order chi connectivity index (χ0) is 45.9. The van der Waals surface area contributed by atoms with Crippen molar-refractivity contribution >= 4 is 6.29 Å². The average Bonchev–Trinajstić information content (AvgIpc) is 3.82. The molecule has 21 N–H and O–H groups in total. The molecule has 0 aliphatic carbocycles. The van der Waals surface area contributed by atoms with Gasteiger partial charge < -0.3 is 136 Å². The van der Waals surface area contributed by atoms with E-state index < -0.39 is 143 Å². The smallest absolute Gasteiger partial charge is 0.186 e. The number of fused-ring (bicyclic) bond motifs is 1. The third-order valence-corrected chi connectivity index (χ3v) is 9.28. The van der Waals surface area contributed by atoms with Crippen LogP contribution in [-0.4, -0.2) is 295 Å². The molecule has 0 radical (unpaired) electrons. The maximum absolute atomic E-state index is 9.90. The molecule has 4 aliphatic heterocycles. The van der Waals surface area contributed by atoms with Gasteiger partial charge in [-0.15, -0.1) is 0 Å². The van der Waals surface area contributed by atoms with Crippen LogP contribution in [0.15, 0.2) is 0 Å². The Kier molecular flexibility index (Phi) is 28.4. The van der Waals surface area contributed by atoms with Crippen LogP contribution in [0.25, 0.3) is 0 Å². The van der Waals surface area contributed by atoms with Crippen molar-refractivity contribution in [2.45, 2.75) is 135 Å². The fourth-order valence-electron chi connectivity index (χ4n) is 5.30. The number of methoxy groups -OCH3 is 1. The van der Waals surface area contributed by atoms with Gasteiger partial charge in [0.15, 0.2) is 18.9 Å². The summed E-state index contributed by atoms with van der Waals surface area (Å²) in [7, 11) is 1.38. The highest BCUT2D eigenvalue weighted by Crippen LogP contribution is 2.27. The van der Waals surface area contributed by atoms with E-state index in [0.717, 1.165) is 0 Å². The summed E-state index contributed by atoms with van der Waals surface area (Å²) in [6.07, 6.45) is -25.3. The van der Waals surface area contributed by atoms with Gasteiger partial charge in [-0.1, -0.05) is 6.92 Å². The lowest BCUT2D eigenvalue weighted by atomic mass is 9.91. The van der Waals surface area contributed by atoms with Gasteiger partial charge in [0, 0.05) is 13.0 Å². The third-order valence-electron chi connectivity index (χ3n) is 9.28. The van der Waals surface area contributed by atoms with Gasteiger partial charge in [-0.05, 0) is 0 Å². The molecule has 59 heavy (non-hydrogen) atoms. The first kappa shape index (κ1) is 57.6. The highest BCUT2D eigenvalue weighted by Gasteiger charge is 2.46. The Morgan fingerprint density at radius 2 is 0.966 bits per heavy atom. The molecule has 4 saturated heterocycles. The first-order valence-corrected chi connectivity index (χ1v) is 18.0. The molecule has 0 bridgehead atoms. The highest BCUT2D eigenvalue weighted by molar-refractivity contribution is 5.56. The maximum atomic E-state index is 9.90. The van der Waals surface area contributed by atoms with Crippen molar-refractivity contribution in [1.29, 1.82) is 0 Å². The average molecular weight is 881 g/mol. The molecule has 0 saturated carbocycles. The summed E-state index contributed by atoms with van der Waals surface area (Å²) >= 11 is 0. The van der Waals surface area contributed by atoms with Gasteiger partial charge in [0.25, 0.3) is 0 Å². The third kappa shape index (κ3) is 17.4. The minimum atomic E-state index is -1.79. The van der Waals surface area contributed by atoms with Gasteiger partial charge in [0.2, 0.25) is 0 Å². The van der Waals surface area contributed by atoms with E-state index in [4.69, 9.17) is 116 Å². The predicted molar refractivity (Wildman–Crippen MR) is 187 cm³/mol. The van der Waals surface area contributed by atoms with Crippen LogP contribution in [0.3, 0.4) is 0 Å². The number of carbonyl (C=O) groups is 1. The molecular weight excluding hydrogens is 816 g/mol. The Hall–Kier alpha value is -1.37. The Morgan fingerprint density at radius 3 is 1.32 bits per heavy atom. The number of aliphatic hydroxyl groups is 21. The van der Waals surface area contributed by atoms with Gasteiger partial charge in [-0.25, -0.2) is 0 Å². The van der Waals surface area contributed by atoms with Crippen molar-refractivity contribution in [3.63, 3.8) is 0 Å². The van der Waals surface area contributed by atoms with E-state index in [1.54, 1.807) is 6.92 Å². The summed E-state index contributed by atoms with van der Waals surface area (Å²) < 4.78 is 24.7. The molecule has 4 aliphatic rings. The molecule has 27 nitrogen and oxygen atoms in total. The molecule has 4 heterocycles. The van der Waals surface area contributed by atoms with Gasteiger partial charge >= 0.3 is 0 Å². The molecule has 354 valence electrons. The van der Waals surface area contributed by atoms with E-state index in [-0.39, 0.29) is 44.2 Å². The molecule has 0 amide bonds. The van der Waals surface area contributed by atoms with E-state index in [0.29, 0.717) is 0 Å². The molecule has 4 fully saturated rings. The molecule has 27 heteroatoms. The number of aliphatic hydroxyl groups excluding tert-OH is 21. The second-order valence-corrected chi connectivity index (χ2v) is 13.6. The van der Waals surface area contributed by atoms with E-state index >= 15 is 0 Å². The van der Waals surface area contributed by atoms with E-state index in [2.05, 4.69) is 4.74 Å². The van der Waals surface area contributed by atoms with Crippen LogP contribution < -0.4 is 0 Å². The summed E-state index contributed by atoms with van der Waals surface area (Å²) in [4.78, 5) is 9.90. The van der Waals surface area contributed by atoms with Crippen LogP contribution in [0.2, 0.25) is 0 Å². The lowest BCUT2D eigenvalue weighted by Crippen LogP contribution is -2.58.